The van der Waals surface area contributed by atoms with Gasteiger partial charge in [0, 0.05) is 10.9 Å². The summed E-state index contributed by atoms with van der Waals surface area (Å²) in [5.74, 6) is 1.01. The summed E-state index contributed by atoms with van der Waals surface area (Å²) >= 11 is 0. The van der Waals surface area contributed by atoms with Gasteiger partial charge >= 0.3 is 0 Å². The number of nitrogens with zero attached hydrogens (tertiary/aromatic N) is 1. The fourth-order valence-electron chi connectivity index (χ4n) is 2.91. The van der Waals surface area contributed by atoms with Gasteiger partial charge in [-0.3, -0.25) is 0 Å². The van der Waals surface area contributed by atoms with Crippen LogP contribution < -0.4 is 5.32 Å². The molecule has 0 fully saturated rings. The largest absolute Gasteiger partial charge is 0.459 e. The number of para-hydroxylation sites is 1. The summed E-state index contributed by atoms with van der Waals surface area (Å²) in [6, 6.07) is 8.61. The van der Waals surface area contributed by atoms with Gasteiger partial charge in [-0.25, -0.2) is 0 Å². The van der Waals surface area contributed by atoms with Gasteiger partial charge in [-0.05, 0) is 53.0 Å². The molecule has 2 atom stereocenters. The molecule has 1 heterocycles. The molecule has 0 saturated carbocycles. The van der Waals surface area contributed by atoms with E-state index in [0.29, 0.717) is 0 Å². The van der Waals surface area contributed by atoms with E-state index in [1.54, 1.807) is 0 Å². The SMILES string of the molecule is CCC(C)(C(NC)c1cc2cccc(C)c2o1)N(C)C. The fourth-order valence-corrected chi connectivity index (χ4v) is 2.91. The van der Waals surface area contributed by atoms with E-state index >= 15 is 0 Å². The van der Waals surface area contributed by atoms with Crippen LogP contribution in [0.25, 0.3) is 11.0 Å². The first kappa shape index (κ1) is 15.1. The Balaban J connectivity index is 2.52. The third-order valence-corrected chi connectivity index (χ3v) is 4.69. The van der Waals surface area contributed by atoms with Gasteiger partial charge in [-0.15, -0.1) is 0 Å². The van der Waals surface area contributed by atoms with Crippen LogP contribution in [0.2, 0.25) is 0 Å². The number of likely N-dealkylation sites (N-methyl/N-ethyl adjacent to an activating group) is 2. The molecule has 0 aliphatic carbocycles. The average Bonchev–Trinajstić information content (AvgIpc) is 2.84. The molecule has 0 radical (unpaired) electrons. The second-order valence-electron chi connectivity index (χ2n) is 5.97. The van der Waals surface area contributed by atoms with Crippen molar-refractivity contribution in [1.29, 1.82) is 0 Å². The summed E-state index contributed by atoms with van der Waals surface area (Å²) in [5.41, 5.74) is 2.20. The number of hydrogen-bond donors (Lipinski definition) is 1. The van der Waals surface area contributed by atoms with Gasteiger partial charge in [-0.1, -0.05) is 25.1 Å². The van der Waals surface area contributed by atoms with Crippen LogP contribution in [-0.4, -0.2) is 31.6 Å². The van der Waals surface area contributed by atoms with Gasteiger partial charge in [0.2, 0.25) is 0 Å². The number of nitrogens with one attached hydrogen (secondary N) is 1. The van der Waals surface area contributed by atoms with Gasteiger partial charge in [0.05, 0.1) is 6.04 Å². The monoisotopic (exact) mass is 274 g/mol. The summed E-state index contributed by atoms with van der Waals surface area (Å²) < 4.78 is 6.16. The van der Waals surface area contributed by atoms with Crippen molar-refractivity contribution in [3.8, 4) is 0 Å². The predicted octanol–water partition coefficient (Wildman–Crippen LogP) is 3.73. The lowest BCUT2D eigenvalue weighted by atomic mass is 9.86. The van der Waals surface area contributed by atoms with Crippen molar-refractivity contribution in [2.75, 3.05) is 21.1 Å². The second-order valence-corrected chi connectivity index (χ2v) is 5.97. The zero-order chi connectivity index (χ0) is 14.9. The predicted molar refractivity (Wildman–Crippen MR) is 85.1 cm³/mol. The van der Waals surface area contributed by atoms with Gasteiger partial charge < -0.3 is 14.6 Å². The highest BCUT2D eigenvalue weighted by atomic mass is 16.3. The number of benzene rings is 1. The molecule has 3 nitrogen and oxygen atoms in total. The maximum Gasteiger partial charge on any atom is 0.137 e. The van der Waals surface area contributed by atoms with Crippen molar-refractivity contribution in [1.82, 2.24) is 10.2 Å². The molecule has 1 aromatic heterocycles. The van der Waals surface area contributed by atoms with Gasteiger partial charge in [0.25, 0.3) is 0 Å². The third-order valence-electron chi connectivity index (χ3n) is 4.69. The van der Waals surface area contributed by atoms with Crippen molar-refractivity contribution in [3.05, 3.63) is 35.6 Å². The fraction of sp³-hybridized carbons (Fsp3) is 0.529. The van der Waals surface area contributed by atoms with E-state index in [0.717, 1.165) is 17.8 Å². The van der Waals surface area contributed by atoms with E-state index in [-0.39, 0.29) is 11.6 Å². The van der Waals surface area contributed by atoms with Crippen LogP contribution in [0.3, 0.4) is 0 Å². The molecule has 2 aromatic rings. The lowest BCUT2D eigenvalue weighted by Crippen LogP contribution is -2.50. The molecule has 110 valence electrons. The second kappa shape index (κ2) is 5.58. The van der Waals surface area contributed by atoms with Gasteiger partial charge in [0.1, 0.15) is 11.3 Å². The molecule has 1 N–H and O–H groups in total. The zero-order valence-electron chi connectivity index (χ0n) is 13.4. The van der Waals surface area contributed by atoms with Gasteiger partial charge in [0.15, 0.2) is 0 Å². The van der Waals surface area contributed by atoms with Crippen LogP contribution in [0, 0.1) is 6.92 Å². The normalized spacial score (nSPS) is 16.6. The summed E-state index contributed by atoms with van der Waals surface area (Å²) in [6.45, 7) is 6.58. The number of rotatable bonds is 5. The van der Waals surface area contributed by atoms with Crippen LogP contribution in [0.4, 0.5) is 0 Å². The maximum absolute atomic E-state index is 6.16. The summed E-state index contributed by atoms with van der Waals surface area (Å²) in [5, 5.41) is 4.61. The van der Waals surface area contributed by atoms with Crippen LogP contribution >= 0.6 is 0 Å². The lowest BCUT2D eigenvalue weighted by Gasteiger charge is -2.41. The molecule has 3 heteroatoms. The minimum absolute atomic E-state index is 0.0104. The molecule has 20 heavy (non-hydrogen) atoms. The van der Waals surface area contributed by atoms with Gasteiger partial charge in [-0.2, -0.15) is 0 Å². The molecule has 1 aromatic carbocycles. The highest BCUT2D eigenvalue weighted by Crippen LogP contribution is 2.35. The molecular formula is C17H26N2O. The Morgan fingerprint density at radius 3 is 2.55 bits per heavy atom. The lowest BCUT2D eigenvalue weighted by molar-refractivity contribution is 0.106. The summed E-state index contributed by atoms with van der Waals surface area (Å²) in [7, 11) is 6.26. The number of hydrogen-bond acceptors (Lipinski definition) is 3. The highest BCUT2D eigenvalue weighted by molar-refractivity contribution is 5.81. The maximum atomic E-state index is 6.16. The Kier molecular flexibility index (Phi) is 4.21. The molecule has 0 amide bonds. The summed E-state index contributed by atoms with van der Waals surface area (Å²) in [4.78, 5) is 2.27. The molecule has 2 rings (SSSR count). The molecular weight excluding hydrogens is 248 g/mol. The Hall–Kier alpha value is -1.32. The Morgan fingerprint density at radius 2 is 2.05 bits per heavy atom. The minimum atomic E-state index is 0.0104. The molecule has 0 aliphatic rings. The number of aryl methyl sites for hydroxylation is 1. The Bertz CT molecular complexity index is 588. The number of fused-ring (bicyclic) bond motifs is 1. The first-order chi connectivity index (χ1) is 9.43. The minimum Gasteiger partial charge on any atom is -0.459 e. The molecule has 0 bridgehead atoms. The van der Waals surface area contributed by atoms with E-state index in [2.05, 4.69) is 69.3 Å². The van der Waals surface area contributed by atoms with Crippen LogP contribution in [0.1, 0.15) is 37.6 Å². The quantitative estimate of drug-likeness (QED) is 0.900. The van der Waals surface area contributed by atoms with Crippen LogP contribution in [0.5, 0.6) is 0 Å². The smallest absolute Gasteiger partial charge is 0.137 e. The zero-order valence-corrected chi connectivity index (χ0v) is 13.4. The van der Waals surface area contributed by atoms with Crippen LogP contribution in [0.15, 0.2) is 28.7 Å². The van der Waals surface area contributed by atoms with E-state index < -0.39 is 0 Å². The van der Waals surface area contributed by atoms with E-state index in [1.807, 2.05) is 7.05 Å². The van der Waals surface area contributed by atoms with Crippen molar-refractivity contribution in [2.45, 2.75) is 38.8 Å². The molecule has 0 spiro atoms. The topological polar surface area (TPSA) is 28.4 Å². The standard InChI is InChI=1S/C17H26N2O/c1-7-17(3,19(5)6)16(18-4)14-11-13-10-8-9-12(2)15(13)20-14/h8-11,16,18H,7H2,1-6H3. The Labute approximate surface area is 122 Å². The van der Waals surface area contributed by atoms with Crippen molar-refractivity contribution < 1.29 is 4.42 Å². The molecule has 2 unspecified atom stereocenters. The highest BCUT2D eigenvalue weighted by Gasteiger charge is 2.37. The Morgan fingerprint density at radius 1 is 1.35 bits per heavy atom. The van der Waals surface area contributed by atoms with Crippen molar-refractivity contribution in [2.24, 2.45) is 0 Å². The molecule has 0 aliphatic heterocycles. The van der Waals surface area contributed by atoms with Crippen molar-refractivity contribution >= 4 is 11.0 Å². The molecule has 0 saturated heterocycles. The van der Waals surface area contributed by atoms with E-state index in [4.69, 9.17) is 4.42 Å². The van der Waals surface area contributed by atoms with Crippen molar-refractivity contribution in [3.63, 3.8) is 0 Å². The average molecular weight is 274 g/mol. The van der Waals surface area contributed by atoms with Crippen LogP contribution in [-0.2, 0) is 0 Å². The first-order valence-corrected chi connectivity index (χ1v) is 7.27. The number of furan rings is 1. The summed E-state index contributed by atoms with van der Waals surface area (Å²) in [6.07, 6.45) is 1.04. The van der Waals surface area contributed by atoms with E-state index in [9.17, 15) is 0 Å². The first-order valence-electron chi connectivity index (χ1n) is 7.27. The third kappa shape index (κ3) is 2.36. The van der Waals surface area contributed by atoms with E-state index in [1.165, 1.54) is 10.9 Å².